The second-order valence-electron chi connectivity index (χ2n) is 16.5. The summed E-state index contributed by atoms with van der Waals surface area (Å²) in [6.07, 6.45) is 0. The van der Waals surface area contributed by atoms with Gasteiger partial charge in [0.25, 0.3) is 0 Å². The lowest BCUT2D eigenvalue weighted by atomic mass is 9.92. The number of ether oxygens (including phenoxy) is 1. The summed E-state index contributed by atoms with van der Waals surface area (Å²) in [7, 11) is 0. The maximum Gasteiger partial charge on any atom is 0.138 e. The van der Waals surface area contributed by atoms with E-state index in [2.05, 4.69) is 265 Å². The van der Waals surface area contributed by atoms with Crippen molar-refractivity contribution in [3.05, 3.63) is 255 Å². The van der Waals surface area contributed by atoms with Gasteiger partial charge < -0.3 is 14.5 Å². The summed E-state index contributed by atoms with van der Waals surface area (Å²) in [5.74, 6) is 1.64. The van der Waals surface area contributed by atoms with Crippen LogP contribution in [0.2, 0.25) is 0 Å². The summed E-state index contributed by atoms with van der Waals surface area (Å²) in [4.78, 5) is 4.74. The van der Waals surface area contributed by atoms with Crippen molar-refractivity contribution in [2.24, 2.45) is 0 Å². The van der Waals surface area contributed by atoms with E-state index in [-0.39, 0.29) is 0 Å². The van der Waals surface area contributed by atoms with Crippen LogP contribution in [0, 0.1) is 0 Å². The first kappa shape index (κ1) is 38.0. The maximum atomic E-state index is 7.14. The molecule has 0 bridgehead atoms. The Morgan fingerprint density at radius 2 is 0.708 bits per heavy atom. The van der Waals surface area contributed by atoms with E-state index in [1.165, 1.54) is 44.2 Å². The SMILES string of the molecule is c1ccc(-c2ccc(N(c3ccc(-c4ccccc4)cc3)c3cccc4c3-c3cccc5cc(N(c6ccc(-c7ccccc7)cc6)c6cccc7ccccc67)cc(c35)O4)cc2)cc1. The molecule has 11 aromatic carbocycles. The highest BCUT2D eigenvalue weighted by Crippen LogP contribution is 2.54. The van der Waals surface area contributed by atoms with Gasteiger partial charge in [-0.3, -0.25) is 0 Å². The quantitative estimate of drug-likeness (QED) is 0.144. The van der Waals surface area contributed by atoms with E-state index in [0.717, 1.165) is 67.5 Å². The molecule has 0 unspecified atom stereocenters. The van der Waals surface area contributed by atoms with Crippen LogP contribution in [0.3, 0.4) is 0 Å². The highest BCUT2D eigenvalue weighted by Gasteiger charge is 2.28. The van der Waals surface area contributed by atoms with E-state index in [0.29, 0.717) is 0 Å². The molecular formula is C62H42N2O. The molecule has 1 heterocycles. The molecule has 0 fully saturated rings. The lowest BCUT2D eigenvalue weighted by Crippen LogP contribution is -2.13. The van der Waals surface area contributed by atoms with Crippen LogP contribution in [0.5, 0.6) is 11.5 Å². The van der Waals surface area contributed by atoms with Crippen molar-refractivity contribution >= 4 is 55.7 Å². The molecule has 1 aliphatic rings. The van der Waals surface area contributed by atoms with Crippen molar-refractivity contribution in [1.29, 1.82) is 0 Å². The van der Waals surface area contributed by atoms with Gasteiger partial charge in [0.2, 0.25) is 0 Å². The summed E-state index contributed by atoms with van der Waals surface area (Å²) >= 11 is 0. The number of rotatable bonds is 9. The van der Waals surface area contributed by atoms with Gasteiger partial charge in [0.15, 0.2) is 0 Å². The summed E-state index contributed by atoms with van der Waals surface area (Å²) in [6.45, 7) is 0. The van der Waals surface area contributed by atoms with E-state index >= 15 is 0 Å². The fourth-order valence-corrected chi connectivity index (χ4v) is 9.53. The van der Waals surface area contributed by atoms with Crippen LogP contribution in [0.4, 0.5) is 34.1 Å². The highest BCUT2D eigenvalue weighted by molar-refractivity contribution is 6.10. The topological polar surface area (TPSA) is 15.7 Å². The average Bonchev–Trinajstić information content (AvgIpc) is 3.38. The van der Waals surface area contributed by atoms with Gasteiger partial charge in [-0.2, -0.15) is 0 Å². The van der Waals surface area contributed by atoms with E-state index < -0.39 is 0 Å². The number of benzene rings is 11. The largest absolute Gasteiger partial charge is 0.456 e. The molecule has 3 nitrogen and oxygen atoms in total. The Labute approximate surface area is 379 Å². The Hall–Kier alpha value is -8.66. The Morgan fingerprint density at radius 3 is 1.28 bits per heavy atom. The average molecular weight is 831 g/mol. The monoisotopic (exact) mass is 830 g/mol. The highest BCUT2D eigenvalue weighted by atomic mass is 16.5. The molecule has 12 rings (SSSR count). The fourth-order valence-electron chi connectivity index (χ4n) is 9.53. The lowest BCUT2D eigenvalue weighted by Gasteiger charge is -2.32. The lowest BCUT2D eigenvalue weighted by molar-refractivity contribution is 0.487. The van der Waals surface area contributed by atoms with E-state index in [1.807, 2.05) is 0 Å². The zero-order valence-electron chi connectivity index (χ0n) is 35.6. The van der Waals surface area contributed by atoms with Gasteiger partial charge in [0, 0.05) is 39.5 Å². The minimum absolute atomic E-state index is 0.815. The standard InChI is InChI=1S/C62H42N2O/c1-4-15-43(16-5-1)46-29-35-51(36-30-46)63(52-37-31-47(32-38-52)44-17-6-2-7-18-44)58-27-14-28-59-62(58)56-25-12-23-50-41-54(42-60(65-59)61(50)56)64(57-26-13-22-49-21-10-11-24-55(49)57)53-39-33-48(34-40-53)45-19-8-3-9-20-45/h1-42H. The third kappa shape index (κ3) is 6.97. The number of hydrogen-bond acceptors (Lipinski definition) is 3. The zero-order chi connectivity index (χ0) is 43.1. The molecule has 0 N–H and O–H groups in total. The van der Waals surface area contributed by atoms with Crippen LogP contribution in [-0.2, 0) is 0 Å². The molecular weight excluding hydrogens is 789 g/mol. The van der Waals surface area contributed by atoms with Crippen molar-refractivity contribution < 1.29 is 4.74 Å². The summed E-state index contributed by atoms with van der Waals surface area (Å²) in [5.41, 5.74) is 15.6. The zero-order valence-corrected chi connectivity index (χ0v) is 35.6. The predicted molar refractivity (Wildman–Crippen MR) is 273 cm³/mol. The van der Waals surface area contributed by atoms with Crippen LogP contribution < -0.4 is 14.5 Å². The molecule has 0 saturated heterocycles. The Kier molecular flexibility index (Phi) is 9.50. The molecule has 11 aromatic rings. The van der Waals surface area contributed by atoms with Gasteiger partial charge in [-0.1, -0.05) is 188 Å². The third-order valence-electron chi connectivity index (χ3n) is 12.6. The van der Waals surface area contributed by atoms with E-state index in [9.17, 15) is 0 Å². The first-order chi connectivity index (χ1) is 32.2. The van der Waals surface area contributed by atoms with Gasteiger partial charge >= 0.3 is 0 Å². The summed E-state index contributed by atoms with van der Waals surface area (Å²) in [6, 6.07) is 91.1. The molecule has 1 aliphatic heterocycles. The van der Waals surface area contributed by atoms with Gasteiger partial charge in [-0.15, -0.1) is 0 Å². The minimum atomic E-state index is 0.815. The molecule has 0 aliphatic carbocycles. The van der Waals surface area contributed by atoms with Crippen molar-refractivity contribution in [3.63, 3.8) is 0 Å². The smallest absolute Gasteiger partial charge is 0.138 e. The molecule has 0 atom stereocenters. The molecule has 0 amide bonds. The van der Waals surface area contributed by atoms with Crippen LogP contribution in [0.1, 0.15) is 0 Å². The number of nitrogens with zero attached hydrogens (tertiary/aromatic N) is 2. The van der Waals surface area contributed by atoms with Gasteiger partial charge in [0.1, 0.15) is 11.5 Å². The Bertz CT molecular complexity index is 3390. The molecule has 0 radical (unpaired) electrons. The van der Waals surface area contributed by atoms with Crippen molar-refractivity contribution in [3.8, 4) is 56.0 Å². The van der Waals surface area contributed by atoms with Gasteiger partial charge in [-0.25, -0.2) is 0 Å². The van der Waals surface area contributed by atoms with Crippen LogP contribution in [0.15, 0.2) is 255 Å². The van der Waals surface area contributed by atoms with Crippen LogP contribution in [0.25, 0.3) is 66.1 Å². The minimum Gasteiger partial charge on any atom is -0.456 e. The fraction of sp³-hybridized carbons (Fsp3) is 0. The first-order valence-corrected chi connectivity index (χ1v) is 22.2. The van der Waals surface area contributed by atoms with E-state index in [1.54, 1.807) is 0 Å². The molecule has 0 aromatic heterocycles. The van der Waals surface area contributed by atoms with Crippen LogP contribution in [-0.4, -0.2) is 0 Å². The summed E-state index contributed by atoms with van der Waals surface area (Å²) in [5, 5.41) is 4.56. The molecule has 65 heavy (non-hydrogen) atoms. The van der Waals surface area contributed by atoms with Gasteiger partial charge in [0.05, 0.1) is 17.1 Å². The predicted octanol–water partition coefficient (Wildman–Crippen LogP) is 17.7. The molecule has 3 heteroatoms. The molecule has 0 spiro atoms. The van der Waals surface area contributed by atoms with Crippen molar-refractivity contribution in [2.45, 2.75) is 0 Å². The first-order valence-electron chi connectivity index (χ1n) is 22.2. The molecule has 0 saturated carbocycles. The Morgan fingerprint density at radius 1 is 0.277 bits per heavy atom. The number of anilines is 6. The van der Waals surface area contributed by atoms with Crippen LogP contribution >= 0.6 is 0 Å². The summed E-state index contributed by atoms with van der Waals surface area (Å²) < 4.78 is 7.14. The third-order valence-corrected chi connectivity index (χ3v) is 12.6. The Balaban J connectivity index is 1.01. The maximum absolute atomic E-state index is 7.14. The second kappa shape index (κ2) is 16.2. The number of fused-ring (bicyclic) bond motifs is 3. The van der Waals surface area contributed by atoms with Crippen molar-refractivity contribution in [1.82, 2.24) is 0 Å². The molecule has 306 valence electrons. The number of hydrogen-bond donors (Lipinski definition) is 0. The van der Waals surface area contributed by atoms with Gasteiger partial charge in [-0.05, 0) is 110 Å². The normalized spacial score (nSPS) is 11.5. The van der Waals surface area contributed by atoms with E-state index in [4.69, 9.17) is 4.74 Å². The second-order valence-corrected chi connectivity index (χ2v) is 16.5. The van der Waals surface area contributed by atoms with Crippen molar-refractivity contribution in [2.75, 3.05) is 9.80 Å².